The minimum Gasteiger partial charge on any atom is -0.316 e. The highest BCUT2D eigenvalue weighted by Gasteiger charge is 2.32. The third kappa shape index (κ3) is 4.98. The van der Waals surface area contributed by atoms with E-state index in [1.54, 1.807) is 8.61 Å². The monoisotopic (exact) mass is 305 g/mol. The van der Waals surface area contributed by atoms with Crippen LogP contribution < -0.4 is 5.32 Å². The highest BCUT2D eigenvalue weighted by Crippen LogP contribution is 2.20. The average molecular weight is 305 g/mol. The van der Waals surface area contributed by atoms with Crippen LogP contribution in [0.25, 0.3) is 0 Å². The molecule has 1 saturated heterocycles. The van der Waals surface area contributed by atoms with Crippen molar-refractivity contribution in [3.8, 4) is 0 Å². The minimum absolute atomic E-state index is 0.449. The maximum atomic E-state index is 12.6. The molecule has 1 atom stereocenters. The van der Waals surface area contributed by atoms with Crippen LogP contribution in [0.3, 0.4) is 0 Å². The molecule has 1 rings (SSSR count). The van der Waals surface area contributed by atoms with Gasteiger partial charge >= 0.3 is 0 Å². The summed E-state index contributed by atoms with van der Waals surface area (Å²) in [7, 11) is -3.26. The summed E-state index contributed by atoms with van der Waals surface area (Å²) in [6, 6.07) is 0. The Morgan fingerprint density at radius 1 is 1.25 bits per heavy atom. The largest absolute Gasteiger partial charge is 0.316 e. The SMILES string of the molecule is CCCNCC1CCCN(S(=O)(=O)N(CC)CCC)C1. The predicted octanol–water partition coefficient (Wildman–Crippen LogP) is 1.67. The van der Waals surface area contributed by atoms with Crippen molar-refractivity contribution in [2.75, 3.05) is 39.3 Å². The van der Waals surface area contributed by atoms with Crippen molar-refractivity contribution in [2.24, 2.45) is 5.92 Å². The second-order valence-electron chi connectivity index (χ2n) is 5.57. The molecule has 0 bridgehead atoms. The maximum Gasteiger partial charge on any atom is 0.281 e. The van der Waals surface area contributed by atoms with Gasteiger partial charge in [0.15, 0.2) is 0 Å². The summed E-state index contributed by atoms with van der Waals surface area (Å²) < 4.78 is 28.5. The van der Waals surface area contributed by atoms with Crippen molar-refractivity contribution >= 4 is 10.2 Å². The summed E-state index contributed by atoms with van der Waals surface area (Å²) >= 11 is 0. The van der Waals surface area contributed by atoms with Gasteiger partial charge in [0.05, 0.1) is 0 Å². The van der Waals surface area contributed by atoms with E-state index in [-0.39, 0.29) is 0 Å². The Balaban J connectivity index is 2.60. The molecule has 0 aromatic carbocycles. The number of nitrogens with one attached hydrogen (secondary N) is 1. The molecule has 1 aliphatic heterocycles. The molecular weight excluding hydrogens is 274 g/mol. The van der Waals surface area contributed by atoms with Gasteiger partial charge in [-0.15, -0.1) is 0 Å². The molecular formula is C14H31N3O2S. The zero-order valence-corrected chi connectivity index (χ0v) is 14.1. The molecule has 5 nitrogen and oxygen atoms in total. The lowest BCUT2D eigenvalue weighted by Gasteiger charge is -2.35. The first-order valence-electron chi connectivity index (χ1n) is 8.02. The van der Waals surface area contributed by atoms with E-state index in [4.69, 9.17) is 0 Å². The molecule has 1 heterocycles. The van der Waals surface area contributed by atoms with E-state index in [2.05, 4.69) is 12.2 Å². The first-order chi connectivity index (χ1) is 9.56. The second-order valence-corrected chi connectivity index (χ2v) is 7.50. The van der Waals surface area contributed by atoms with E-state index in [1.807, 2.05) is 13.8 Å². The first-order valence-corrected chi connectivity index (χ1v) is 9.41. The molecule has 0 aromatic rings. The zero-order valence-electron chi connectivity index (χ0n) is 13.3. The summed E-state index contributed by atoms with van der Waals surface area (Å²) in [6.45, 7) is 10.5. The van der Waals surface area contributed by atoms with Crippen LogP contribution in [-0.4, -0.2) is 56.3 Å². The van der Waals surface area contributed by atoms with Gasteiger partial charge in [-0.3, -0.25) is 0 Å². The summed E-state index contributed by atoms with van der Waals surface area (Å²) in [5.41, 5.74) is 0. The van der Waals surface area contributed by atoms with Gasteiger partial charge in [-0.05, 0) is 44.7 Å². The molecule has 1 unspecified atom stereocenters. The van der Waals surface area contributed by atoms with Crippen LogP contribution in [0.5, 0.6) is 0 Å². The van der Waals surface area contributed by atoms with Crippen LogP contribution in [0.4, 0.5) is 0 Å². The molecule has 0 amide bonds. The van der Waals surface area contributed by atoms with E-state index >= 15 is 0 Å². The fourth-order valence-corrected chi connectivity index (χ4v) is 4.56. The van der Waals surface area contributed by atoms with E-state index < -0.39 is 10.2 Å². The van der Waals surface area contributed by atoms with Crippen molar-refractivity contribution in [1.82, 2.24) is 13.9 Å². The number of hydrogen-bond acceptors (Lipinski definition) is 3. The van der Waals surface area contributed by atoms with E-state index in [9.17, 15) is 8.42 Å². The van der Waals surface area contributed by atoms with Gasteiger partial charge in [0.1, 0.15) is 0 Å². The van der Waals surface area contributed by atoms with Crippen molar-refractivity contribution in [1.29, 1.82) is 0 Å². The fourth-order valence-electron chi connectivity index (χ4n) is 2.74. The Morgan fingerprint density at radius 2 is 2.00 bits per heavy atom. The molecule has 120 valence electrons. The number of piperidine rings is 1. The van der Waals surface area contributed by atoms with Gasteiger partial charge < -0.3 is 5.32 Å². The van der Waals surface area contributed by atoms with Crippen molar-refractivity contribution in [3.05, 3.63) is 0 Å². The lowest BCUT2D eigenvalue weighted by molar-refractivity contribution is 0.243. The Labute approximate surface area is 124 Å². The lowest BCUT2D eigenvalue weighted by atomic mass is 10.00. The smallest absolute Gasteiger partial charge is 0.281 e. The molecule has 0 radical (unpaired) electrons. The molecule has 0 saturated carbocycles. The summed E-state index contributed by atoms with van der Waals surface area (Å²) in [4.78, 5) is 0. The van der Waals surface area contributed by atoms with Crippen LogP contribution in [0.1, 0.15) is 46.5 Å². The van der Waals surface area contributed by atoms with Crippen LogP contribution in [0, 0.1) is 5.92 Å². The maximum absolute atomic E-state index is 12.6. The van der Waals surface area contributed by atoms with Gasteiger partial charge in [0, 0.05) is 26.2 Å². The van der Waals surface area contributed by atoms with Crippen LogP contribution in [0.15, 0.2) is 0 Å². The van der Waals surface area contributed by atoms with Gasteiger partial charge in [0.25, 0.3) is 10.2 Å². The van der Waals surface area contributed by atoms with Gasteiger partial charge in [-0.2, -0.15) is 17.0 Å². The van der Waals surface area contributed by atoms with Crippen molar-refractivity contribution in [3.63, 3.8) is 0 Å². The predicted molar refractivity (Wildman–Crippen MR) is 83.9 cm³/mol. The quantitative estimate of drug-likeness (QED) is 0.659. The Bertz CT molecular complexity index is 359. The average Bonchev–Trinajstić information content (AvgIpc) is 2.45. The number of hydrogen-bond donors (Lipinski definition) is 1. The molecule has 1 fully saturated rings. The van der Waals surface area contributed by atoms with Crippen LogP contribution in [-0.2, 0) is 10.2 Å². The molecule has 1 aliphatic rings. The van der Waals surface area contributed by atoms with E-state index in [0.29, 0.717) is 32.1 Å². The standard InChI is InChI=1S/C14H31N3O2S/c1-4-9-15-12-14-8-7-11-17(13-14)20(18,19)16(6-3)10-5-2/h14-15H,4-13H2,1-3H3. The zero-order chi connectivity index (χ0) is 15.0. The third-order valence-electron chi connectivity index (χ3n) is 3.82. The van der Waals surface area contributed by atoms with Gasteiger partial charge in [-0.25, -0.2) is 0 Å². The Hall–Kier alpha value is -0.170. The fraction of sp³-hybridized carbons (Fsp3) is 1.00. The summed E-state index contributed by atoms with van der Waals surface area (Å²) in [5, 5.41) is 3.41. The molecule has 6 heteroatoms. The van der Waals surface area contributed by atoms with E-state index in [1.165, 1.54) is 0 Å². The van der Waals surface area contributed by atoms with E-state index in [0.717, 1.165) is 38.8 Å². The minimum atomic E-state index is -3.26. The topological polar surface area (TPSA) is 52.7 Å². The van der Waals surface area contributed by atoms with Gasteiger partial charge in [0.2, 0.25) is 0 Å². The van der Waals surface area contributed by atoms with Gasteiger partial charge in [-0.1, -0.05) is 20.8 Å². The number of nitrogens with zero attached hydrogens (tertiary/aromatic N) is 2. The molecule has 0 spiro atoms. The molecule has 20 heavy (non-hydrogen) atoms. The summed E-state index contributed by atoms with van der Waals surface area (Å²) in [5.74, 6) is 0.449. The third-order valence-corrected chi connectivity index (χ3v) is 5.90. The van der Waals surface area contributed by atoms with Crippen LogP contribution in [0.2, 0.25) is 0 Å². The second kappa shape index (κ2) is 8.97. The van der Waals surface area contributed by atoms with Crippen LogP contribution >= 0.6 is 0 Å². The Kier molecular flexibility index (Phi) is 8.02. The highest BCUT2D eigenvalue weighted by atomic mass is 32.2. The Morgan fingerprint density at radius 3 is 2.60 bits per heavy atom. The molecule has 0 aromatic heterocycles. The summed E-state index contributed by atoms with van der Waals surface area (Å²) in [6.07, 6.45) is 4.08. The lowest BCUT2D eigenvalue weighted by Crippen LogP contribution is -2.49. The molecule has 1 N–H and O–H groups in total. The first kappa shape index (κ1) is 17.9. The van der Waals surface area contributed by atoms with Crippen molar-refractivity contribution < 1.29 is 8.42 Å². The number of rotatable bonds is 9. The van der Waals surface area contributed by atoms with Crippen molar-refractivity contribution in [2.45, 2.75) is 46.5 Å². The normalized spacial score (nSPS) is 21.5. The highest BCUT2D eigenvalue weighted by molar-refractivity contribution is 7.86. The molecule has 0 aliphatic carbocycles.